The van der Waals surface area contributed by atoms with Crippen LogP contribution in [-0.4, -0.2) is 31.5 Å². The molecule has 0 unspecified atom stereocenters. The van der Waals surface area contributed by atoms with Crippen LogP contribution in [0.2, 0.25) is 0 Å². The van der Waals surface area contributed by atoms with Gasteiger partial charge in [-0.3, -0.25) is 9.36 Å². The minimum atomic E-state index is -0.130. The molecule has 0 fully saturated rings. The summed E-state index contributed by atoms with van der Waals surface area (Å²) in [6.45, 7) is 0.420. The highest BCUT2D eigenvalue weighted by atomic mass is 32.2. The number of nitrogens with zero attached hydrogens (tertiary/aromatic N) is 3. The Balaban J connectivity index is 1.36. The molecule has 2 heterocycles. The van der Waals surface area contributed by atoms with Crippen LogP contribution in [0.25, 0.3) is 22.2 Å². The molecule has 0 saturated carbocycles. The first-order chi connectivity index (χ1) is 16.2. The lowest BCUT2D eigenvalue weighted by molar-refractivity contribution is -0.113. The summed E-state index contributed by atoms with van der Waals surface area (Å²) >= 11 is 1.31. The fraction of sp³-hybridized carbons (Fsp3) is 0.0800. The van der Waals surface area contributed by atoms with Gasteiger partial charge >= 0.3 is 0 Å². The molecule has 0 bridgehead atoms. The van der Waals surface area contributed by atoms with Crippen molar-refractivity contribution in [1.29, 1.82) is 0 Å². The molecule has 2 N–H and O–H groups in total. The van der Waals surface area contributed by atoms with E-state index < -0.39 is 0 Å². The average Bonchev–Trinajstić information content (AvgIpc) is 3.49. The van der Waals surface area contributed by atoms with Gasteiger partial charge in [-0.05, 0) is 47.9 Å². The van der Waals surface area contributed by atoms with E-state index in [-0.39, 0.29) is 17.4 Å². The second-order valence-electron chi connectivity index (χ2n) is 7.38. The molecule has 1 amide bonds. The number of aromatic hydroxyl groups is 1. The molecule has 33 heavy (non-hydrogen) atoms. The number of furan rings is 1. The molecule has 3 aromatic carbocycles. The van der Waals surface area contributed by atoms with E-state index in [2.05, 4.69) is 15.5 Å². The van der Waals surface area contributed by atoms with Crippen LogP contribution in [0.3, 0.4) is 0 Å². The third-order valence-corrected chi connectivity index (χ3v) is 6.10. The lowest BCUT2D eigenvalue weighted by Gasteiger charge is -2.10. The molecule has 0 atom stereocenters. The molecule has 7 nitrogen and oxygen atoms in total. The number of thioether (sulfide) groups is 1. The summed E-state index contributed by atoms with van der Waals surface area (Å²) in [5.74, 6) is 1.60. The molecule has 5 rings (SSSR count). The highest BCUT2D eigenvalue weighted by molar-refractivity contribution is 7.99. The van der Waals surface area contributed by atoms with E-state index in [9.17, 15) is 9.90 Å². The van der Waals surface area contributed by atoms with E-state index >= 15 is 0 Å². The largest absolute Gasteiger partial charge is 0.508 e. The van der Waals surface area contributed by atoms with Gasteiger partial charge in [-0.15, -0.1) is 10.2 Å². The quantitative estimate of drug-likeness (QED) is 0.328. The van der Waals surface area contributed by atoms with E-state index in [1.165, 1.54) is 11.8 Å². The van der Waals surface area contributed by atoms with Crippen molar-refractivity contribution >= 4 is 34.1 Å². The van der Waals surface area contributed by atoms with Crippen molar-refractivity contribution in [2.24, 2.45) is 0 Å². The topological polar surface area (TPSA) is 93.2 Å². The third kappa shape index (κ3) is 4.61. The average molecular weight is 457 g/mol. The maximum absolute atomic E-state index is 12.7. The van der Waals surface area contributed by atoms with E-state index in [0.29, 0.717) is 17.5 Å². The van der Waals surface area contributed by atoms with Crippen LogP contribution in [-0.2, 0) is 11.3 Å². The molecule has 0 aliphatic heterocycles. The number of fused-ring (bicyclic) bond motifs is 1. The highest BCUT2D eigenvalue weighted by Crippen LogP contribution is 2.27. The van der Waals surface area contributed by atoms with Crippen molar-refractivity contribution in [3.8, 4) is 17.1 Å². The number of benzene rings is 3. The van der Waals surface area contributed by atoms with Gasteiger partial charge in [0, 0.05) is 16.6 Å². The smallest absolute Gasteiger partial charge is 0.234 e. The standard InChI is InChI=1S/C25H20N4O3S/c30-19-12-10-18(11-13-19)24-27-28-25(29(24)15-20-7-4-14-32-20)33-16-23(31)26-22-9-3-6-17-5-1-2-8-21(17)22/h1-14,30H,15-16H2,(H,26,31). The van der Waals surface area contributed by atoms with Crippen LogP contribution in [0.15, 0.2) is 94.7 Å². The zero-order chi connectivity index (χ0) is 22.6. The van der Waals surface area contributed by atoms with E-state index in [4.69, 9.17) is 4.42 Å². The number of phenols is 1. The Labute approximate surface area is 194 Å². The Hall–Kier alpha value is -4.04. The van der Waals surface area contributed by atoms with Gasteiger partial charge in [0.2, 0.25) is 5.91 Å². The Morgan fingerprint density at radius 2 is 1.79 bits per heavy atom. The lowest BCUT2D eigenvalue weighted by Crippen LogP contribution is -2.15. The second-order valence-corrected chi connectivity index (χ2v) is 8.32. The summed E-state index contributed by atoms with van der Waals surface area (Å²) in [6, 6.07) is 24.2. The number of phenolic OH excluding ortho intramolecular Hbond substituents is 1. The second kappa shape index (κ2) is 9.22. The summed E-state index contributed by atoms with van der Waals surface area (Å²) in [5.41, 5.74) is 1.58. The number of rotatable bonds is 7. The first-order valence-corrected chi connectivity index (χ1v) is 11.3. The van der Waals surface area contributed by atoms with Crippen LogP contribution < -0.4 is 5.32 Å². The summed E-state index contributed by atoms with van der Waals surface area (Å²) in [5, 5.41) is 23.9. The molecule has 0 aliphatic carbocycles. The molecule has 0 aliphatic rings. The minimum absolute atomic E-state index is 0.130. The van der Waals surface area contributed by atoms with Gasteiger partial charge in [0.1, 0.15) is 11.5 Å². The van der Waals surface area contributed by atoms with Crippen LogP contribution in [0.5, 0.6) is 5.75 Å². The molecule has 5 aromatic rings. The first-order valence-electron chi connectivity index (χ1n) is 10.3. The summed E-state index contributed by atoms with van der Waals surface area (Å²) in [4.78, 5) is 12.7. The fourth-order valence-corrected chi connectivity index (χ4v) is 4.31. The zero-order valence-corrected chi connectivity index (χ0v) is 18.3. The van der Waals surface area contributed by atoms with E-state index in [1.54, 1.807) is 30.5 Å². The monoisotopic (exact) mass is 456 g/mol. The maximum Gasteiger partial charge on any atom is 0.234 e. The van der Waals surface area contributed by atoms with Gasteiger partial charge in [0.05, 0.1) is 18.6 Å². The van der Waals surface area contributed by atoms with Gasteiger partial charge in [-0.2, -0.15) is 0 Å². The van der Waals surface area contributed by atoms with E-state index in [1.807, 2.05) is 59.2 Å². The van der Waals surface area contributed by atoms with Crippen molar-refractivity contribution in [3.63, 3.8) is 0 Å². The number of amides is 1. The molecule has 2 aromatic heterocycles. The van der Waals surface area contributed by atoms with Crippen LogP contribution in [0, 0.1) is 0 Å². The maximum atomic E-state index is 12.7. The number of carbonyl (C=O) groups is 1. The van der Waals surface area contributed by atoms with E-state index in [0.717, 1.165) is 27.8 Å². The van der Waals surface area contributed by atoms with Gasteiger partial charge in [-0.1, -0.05) is 48.2 Å². The van der Waals surface area contributed by atoms with Crippen LogP contribution in [0.1, 0.15) is 5.76 Å². The number of hydrogen-bond donors (Lipinski definition) is 2. The normalized spacial score (nSPS) is 11.0. The molecule has 0 saturated heterocycles. The summed E-state index contributed by atoms with van der Waals surface area (Å²) in [7, 11) is 0. The first kappa shape index (κ1) is 20.8. The molecule has 0 spiro atoms. The van der Waals surface area contributed by atoms with Crippen molar-refractivity contribution in [2.75, 3.05) is 11.1 Å². The SMILES string of the molecule is O=C(CSc1nnc(-c2ccc(O)cc2)n1Cc1ccco1)Nc1cccc2ccccc12. The van der Waals surface area contributed by atoms with Gasteiger partial charge < -0.3 is 14.8 Å². The van der Waals surface area contributed by atoms with Crippen LogP contribution in [0.4, 0.5) is 5.69 Å². The number of anilines is 1. The molecule has 164 valence electrons. The molecular formula is C25H20N4O3S. The van der Waals surface area contributed by atoms with Gasteiger partial charge in [0.15, 0.2) is 11.0 Å². The molecule has 0 radical (unpaired) electrons. The Morgan fingerprint density at radius 1 is 0.970 bits per heavy atom. The fourth-order valence-electron chi connectivity index (χ4n) is 3.57. The predicted molar refractivity (Wildman–Crippen MR) is 128 cm³/mol. The van der Waals surface area contributed by atoms with Gasteiger partial charge in [0.25, 0.3) is 0 Å². The predicted octanol–water partition coefficient (Wildman–Crippen LogP) is 5.18. The Kier molecular flexibility index (Phi) is 5.82. The number of aromatic nitrogens is 3. The van der Waals surface area contributed by atoms with Gasteiger partial charge in [-0.25, -0.2) is 0 Å². The van der Waals surface area contributed by atoms with Crippen molar-refractivity contribution in [3.05, 3.63) is 90.9 Å². The number of carbonyl (C=O) groups excluding carboxylic acids is 1. The molecule has 8 heteroatoms. The summed E-state index contributed by atoms with van der Waals surface area (Å²) < 4.78 is 7.42. The van der Waals surface area contributed by atoms with Crippen molar-refractivity contribution < 1.29 is 14.3 Å². The minimum Gasteiger partial charge on any atom is -0.508 e. The highest BCUT2D eigenvalue weighted by Gasteiger charge is 2.17. The summed E-state index contributed by atoms with van der Waals surface area (Å²) in [6.07, 6.45) is 1.62. The Morgan fingerprint density at radius 3 is 2.61 bits per heavy atom. The Bertz CT molecular complexity index is 1390. The zero-order valence-electron chi connectivity index (χ0n) is 17.5. The number of nitrogens with one attached hydrogen (secondary N) is 1. The molecular weight excluding hydrogens is 436 g/mol. The van der Waals surface area contributed by atoms with Crippen LogP contribution >= 0.6 is 11.8 Å². The van der Waals surface area contributed by atoms with Crippen molar-refractivity contribution in [2.45, 2.75) is 11.7 Å². The van der Waals surface area contributed by atoms with Crippen molar-refractivity contribution in [1.82, 2.24) is 14.8 Å². The third-order valence-electron chi connectivity index (χ3n) is 5.13. The number of hydrogen-bond acceptors (Lipinski definition) is 6. The lowest BCUT2D eigenvalue weighted by atomic mass is 10.1.